The van der Waals surface area contributed by atoms with Gasteiger partial charge < -0.3 is 5.73 Å². The molecule has 0 bridgehead atoms. The van der Waals surface area contributed by atoms with E-state index in [1.807, 2.05) is 0 Å². The molecule has 0 radical (unpaired) electrons. The van der Waals surface area contributed by atoms with Crippen molar-refractivity contribution in [2.24, 2.45) is 5.73 Å². The van der Waals surface area contributed by atoms with E-state index < -0.39 is 6.17 Å². The predicted molar refractivity (Wildman–Crippen MR) is 33.3 cm³/mol. The van der Waals surface area contributed by atoms with Crippen LogP contribution in [0, 0.1) is 5.41 Å². The Labute approximate surface area is 53.1 Å². The van der Waals surface area contributed by atoms with E-state index in [1.165, 1.54) is 0 Å². The summed E-state index contributed by atoms with van der Waals surface area (Å²) in [7, 11) is 0. The first-order chi connectivity index (χ1) is 4.18. The lowest BCUT2D eigenvalue weighted by atomic mass is 10.2. The lowest BCUT2D eigenvalue weighted by Crippen LogP contribution is -2.51. The molecule has 0 saturated carbocycles. The van der Waals surface area contributed by atoms with E-state index in [0.717, 1.165) is 0 Å². The van der Waals surface area contributed by atoms with Crippen LogP contribution in [0.1, 0.15) is 0 Å². The number of rotatable bonds is 2. The van der Waals surface area contributed by atoms with E-state index in [-0.39, 0.29) is 5.84 Å². The minimum atomic E-state index is -0.690. The van der Waals surface area contributed by atoms with Crippen LogP contribution < -0.4 is 5.73 Å². The van der Waals surface area contributed by atoms with Gasteiger partial charge in [-0.2, -0.15) is 0 Å². The molecule has 1 rings (SSSR count). The first-order valence-corrected chi connectivity index (χ1v) is 2.88. The molecule has 3 N–H and O–H groups in total. The van der Waals surface area contributed by atoms with Crippen LogP contribution in [0.3, 0.4) is 0 Å². The number of nitrogens with one attached hydrogen (secondary N) is 1. The Morgan fingerprint density at radius 2 is 2.33 bits per heavy atom. The minimum absolute atomic E-state index is 0.113. The molecule has 1 heterocycles. The molecule has 0 aromatic heterocycles. The van der Waals surface area contributed by atoms with E-state index in [2.05, 4.69) is 0 Å². The second kappa shape index (κ2) is 2.31. The number of hydrogen-bond acceptors (Lipinski definition) is 2. The van der Waals surface area contributed by atoms with Crippen LogP contribution in [-0.4, -0.2) is 36.5 Å². The van der Waals surface area contributed by atoms with Gasteiger partial charge in [-0.15, -0.1) is 0 Å². The van der Waals surface area contributed by atoms with E-state index in [1.54, 1.807) is 4.90 Å². The standard InChI is InChI=1S/C5H10FN3/c6-4-1-9(2-4)3-5(7)8/h4H,1-3H2,(H3,7,8). The van der Waals surface area contributed by atoms with Crippen LogP contribution in [0.25, 0.3) is 0 Å². The summed E-state index contributed by atoms with van der Waals surface area (Å²) < 4.78 is 12.1. The number of halogens is 1. The van der Waals surface area contributed by atoms with Crippen molar-refractivity contribution < 1.29 is 4.39 Å². The van der Waals surface area contributed by atoms with Crippen molar-refractivity contribution >= 4 is 5.84 Å². The van der Waals surface area contributed by atoms with Gasteiger partial charge in [0.1, 0.15) is 12.0 Å². The zero-order valence-electron chi connectivity index (χ0n) is 5.10. The maximum atomic E-state index is 12.1. The first-order valence-electron chi connectivity index (χ1n) is 2.88. The fraction of sp³-hybridized carbons (Fsp3) is 0.800. The number of hydrogen-bond donors (Lipinski definition) is 2. The predicted octanol–water partition coefficient (Wildman–Crippen LogP) is -0.424. The highest BCUT2D eigenvalue weighted by Gasteiger charge is 2.25. The molecule has 1 fully saturated rings. The summed E-state index contributed by atoms with van der Waals surface area (Å²) in [6.45, 7) is 1.31. The maximum Gasteiger partial charge on any atom is 0.125 e. The van der Waals surface area contributed by atoms with E-state index in [0.29, 0.717) is 19.6 Å². The molecule has 0 unspecified atom stereocenters. The number of likely N-dealkylation sites (tertiary alicyclic amines) is 1. The SMILES string of the molecule is N=C(N)CN1CC(F)C1. The molecular weight excluding hydrogens is 121 g/mol. The van der Waals surface area contributed by atoms with E-state index in [9.17, 15) is 4.39 Å². The van der Waals surface area contributed by atoms with Gasteiger partial charge in [-0.25, -0.2) is 4.39 Å². The van der Waals surface area contributed by atoms with Crippen molar-refractivity contribution in [3.63, 3.8) is 0 Å². The van der Waals surface area contributed by atoms with Crippen LogP contribution in [0.4, 0.5) is 4.39 Å². The van der Waals surface area contributed by atoms with Gasteiger partial charge in [0.2, 0.25) is 0 Å². The molecule has 0 spiro atoms. The van der Waals surface area contributed by atoms with Gasteiger partial charge in [-0.3, -0.25) is 10.3 Å². The Hall–Kier alpha value is -0.640. The highest BCUT2D eigenvalue weighted by molar-refractivity contribution is 5.79. The van der Waals surface area contributed by atoms with Gasteiger partial charge in [0.15, 0.2) is 0 Å². The van der Waals surface area contributed by atoms with Gasteiger partial charge in [-0.1, -0.05) is 0 Å². The Bertz CT molecular complexity index is 119. The third kappa shape index (κ3) is 1.64. The molecule has 0 atom stereocenters. The quantitative estimate of drug-likeness (QED) is 0.395. The lowest BCUT2D eigenvalue weighted by Gasteiger charge is -2.33. The molecule has 1 saturated heterocycles. The van der Waals surface area contributed by atoms with Crippen LogP contribution in [-0.2, 0) is 0 Å². The van der Waals surface area contributed by atoms with Gasteiger partial charge in [0.05, 0.1) is 6.54 Å². The third-order valence-electron chi connectivity index (χ3n) is 1.31. The Morgan fingerprint density at radius 3 is 2.67 bits per heavy atom. The lowest BCUT2D eigenvalue weighted by molar-refractivity contribution is 0.0806. The van der Waals surface area contributed by atoms with E-state index >= 15 is 0 Å². The number of amidine groups is 1. The van der Waals surface area contributed by atoms with Crippen LogP contribution in [0.5, 0.6) is 0 Å². The van der Waals surface area contributed by atoms with Gasteiger partial charge in [0.25, 0.3) is 0 Å². The van der Waals surface area contributed by atoms with Gasteiger partial charge in [0, 0.05) is 13.1 Å². The second-order valence-electron chi connectivity index (χ2n) is 2.32. The zero-order valence-corrected chi connectivity index (χ0v) is 5.10. The van der Waals surface area contributed by atoms with Crippen LogP contribution in [0.2, 0.25) is 0 Å². The molecule has 52 valence electrons. The molecule has 1 aliphatic heterocycles. The van der Waals surface area contributed by atoms with Crippen LogP contribution >= 0.6 is 0 Å². The largest absolute Gasteiger partial charge is 0.387 e. The summed E-state index contributed by atoms with van der Waals surface area (Å²) >= 11 is 0. The molecule has 0 aromatic carbocycles. The van der Waals surface area contributed by atoms with Crippen molar-refractivity contribution in [3.8, 4) is 0 Å². The average molecular weight is 131 g/mol. The topological polar surface area (TPSA) is 53.1 Å². The molecule has 0 aromatic rings. The summed E-state index contributed by atoms with van der Waals surface area (Å²) in [5.41, 5.74) is 5.07. The van der Waals surface area contributed by atoms with Crippen molar-refractivity contribution in [2.45, 2.75) is 6.17 Å². The molecule has 0 amide bonds. The minimum Gasteiger partial charge on any atom is -0.387 e. The Balaban J connectivity index is 2.11. The summed E-state index contributed by atoms with van der Waals surface area (Å²) in [5, 5.41) is 6.84. The molecule has 1 aliphatic rings. The Kier molecular flexibility index (Phi) is 1.66. The monoisotopic (exact) mass is 131 g/mol. The highest BCUT2D eigenvalue weighted by Crippen LogP contribution is 2.09. The fourth-order valence-corrected chi connectivity index (χ4v) is 0.877. The zero-order chi connectivity index (χ0) is 6.85. The number of nitrogens with zero attached hydrogens (tertiary/aromatic N) is 1. The van der Waals surface area contributed by atoms with Gasteiger partial charge >= 0.3 is 0 Å². The number of alkyl halides is 1. The summed E-state index contributed by atoms with van der Waals surface area (Å²) in [6, 6.07) is 0. The van der Waals surface area contributed by atoms with Crippen LogP contribution in [0.15, 0.2) is 0 Å². The highest BCUT2D eigenvalue weighted by atomic mass is 19.1. The molecule has 4 heteroatoms. The maximum absolute atomic E-state index is 12.1. The van der Waals surface area contributed by atoms with E-state index in [4.69, 9.17) is 11.1 Å². The summed E-state index contributed by atoms with van der Waals surface area (Å²) in [4.78, 5) is 1.80. The molecule has 3 nitrogen and oxygen atoms in total. The first kappa shape index (κ1) is 6.48. The van der Waals surface area contributed by atoms with Crippen molar-refractivity contribution in [1.29, 1.82) is 5.41 Å². The Morgan fingerprint density at radius 1 is 1.78 bits per heavy atom. The molecule has 0 aliphatic carbocycles. The molecular formula is C5H10FN3. The summed E-state index contributed by atoms with van der Waals surface area (Å²) in [6.07, 6.45) is -0.690. The van der Waals surface area contributed by atoms with Crippen molar-refractivity contribution in [1.82, 2.24) is 4.90 Å². The van der Waals surface area contributed by atoms with Gasteiger partial charge in [-0.05, 0) is 0 Å². The smallest absolute Gasteiger partial charge is 0.125 e. The summed E-state index contributed by atoms with van der Waals surface area (Å²) in [5.74, 6) is 0.113. The average Bonchev–Trinajstić information content (AvgIpc) is 1.60. The fourth-order valence-electron chi connectivity index (χ4n) is 0.877. The second-order valence-corrected chi connectivity index (χ2v) is 2.32. The van der Waals surface area contributed by atoms with Crippen molar-refractivity contribution in [3.05, 3.63) is 0 Å². The normalized spacial score (nSPS) is 21.4. The number of nitrogens with two attached hydrogens (primary N) is 1. The van der Waals surface area contributed by atoms with Crippen molar-refractivity contribution in [2.75, 3.05) is 19.6 Å². The molecule has 9 heavy (non-hydrogen) atoms. The third-order valence-corrected chi connectivity index (χ3v) is 1.31.